The van der Waals surface area contributed by atoms with Crippen LogP contribution >= 0.6 is 11.3 Å². The molecule has 0 N–H and O–H groups in total. The van der Waals surface area contributed by atoms with Crippen molar-refractivity contribution in [2.24, 2.45) is 0 Å². The highest BCUT2D eigenvalue weighted by molar-refractivity contribution is 7.16. The van der Waals surface area contributed by atoms with Gasteiger partial charge in [-0.15, -0.1) is 11.3 Å². The average molecular weight is 315 g/mol. The van der Waals surface area contributed by atoms with Crippen molar-refractivity contribution in [2.75, 3.05) is 19.6 Å². The van der Waals surface area contributed by atoms with Crippen LogP contribution in [0.3, 0.4) is 0 Å². The fourth-order valence-corrected chi connectivity index (χ4v) is 4.51. The van der Waals surface area contributed by atoms with Crippen molar-refractivity contribution in [2.45, 2.75) is 38.3 Å². The molecule has 2 aliphatic rings. The minimum absolute atomic E-state index is 0.174. The molecule has 0 saturated carbocycles. The fraction of sp³-hybridized carbons (Fsp3) is 0.529. The number of piperidine rings is 1. The number of amides is 1. The molecule has 22 heavy (non-hydrogen) atoms. The molecule has 1 aromatic heterocycles. The van der Waals surface area contributed by atoms with Crippen LogP contribution in [-0.4, -0.2) is 52.4 Å². The Morgan fingerprint density at radius 2 is 2.23 bits per heavy atom. The van der Waals surface area contributed by atoms with Crippen LogP contribution in [0.25, 0.3) is 10.2 Å². The SMILES string of the molecule is C[C@H]1CN2CCCC[C@@H]2CN1C(=O)c1ccc2ncsc2c1. The predicted octanol–water partition coefficient (Wildman–Crippen LogP) is 3.00. The quantitative estimate of drug-likeness (QED) is 0.812. The lowest BCUT2D eigenvalue weighted by atomic mass is 9.96. The van der Waals surface area contributed by atoms with Crippen LogP contribution in [0.1, 0.15) is 36.5 Å². The van der Waals surface area contributed by atoms with Crippen molar-refractivity contribution >= 4 is 27.5 Å². The topological polar surface area (TPSA) is 36.4 Å². The number of piperazine rings is 1. The Balaban J connectivity index is 1.58. The molecule has 0 unspecified atom stereocenters. The van der Waals surface area contributed by atoms with Gasteiger partial charge in [0.2, 0.25) is 0 Å². The molecule has 4 nitrogen and oxygen atoms in total. The molecule has 3 heterocycles. The average Bonchev–Trinajstić information content (AvgIpc) is 3.01. The molecule has 0 bridgehead atoms. The van der Waals surface area contributed by atoms with E-state index in [-0.39, 0.29) is 5.91 Å². The maximum atomic E-state index is 12.9. The number of benzene rings is 1. The van der Waals surface area contributed by atoms with Crippen molar-refractivity contribution in [1.82, 2.24) is 14.8 Å². The normalized spacial score (nSPS) is 26.1. The van der Waals surface area contributed by atoms with E-state index in [2.05, 4.69) is 21.7 Å². The predicted molar refractivity (Wildman–Crippen MR) is 89.3 cm³/mol. The van der Waals surface area contributed by atoms with E-state index >= 15 is 0 Å². The minimum Gasteiger partial charge on any atom is -0.333 e. The Kier molecular flexibility index (Phi) is 3.62. The van der Waals surface area contributed by atoms with E-state index in [0.717, 1.165) is 28.9 Å². The van der Waals surface area contributed by atoms with Gasteiger partial charge >= 0.3 is 0 Å². The van der Waals surface area contributed by atoms with Gasteiger partial charge in [-0.2, -0.15) is 0 Å². The maximum Gasteiger partial charge on any atom is 0.254 e. The molecule has 116 valence electrons. The van der Waals surface area contributed by atoms with Gasteiger partial charge in [0.1, 0.15) is 0 Å². The Morgan fingerprint density at radius 3 is 3.14 bits per heavy atom. The third-order valence-corrected chi connectivity index (χ3v) is 5.82. The van der Waals surface area contributed by atoms with Gasteiger partial charge in [0.15, 0.2) is 0 Å². The highest BCUT2D eigenvalue weighted by atomic mass is 32.1. The molecule has 4 rings (SSSR count). The standard InChI is InChI=1S/C17H21N3OS/c1-12-9-19-7-3-2-4-14(19)10-20(12)17(21)13-5-6-15-16(8-13)22-11-18-15/h5-6,8,11-12,14H,2-4,7,9-10H2,1H3/t12-,14+/m0/s1. The lowest BCUT2D eigenvalue weighted by Crippen LogP contribution is -2.60. The van der Waals surface area contributed by atoms with Crippen molar-refractivity contribution in [1.29, 1.82) is 0 Å². The van der Waals surface area contributed by atoms with Gasteiger partial charge in [0.25, 0.3) is 5.91 Å². The zero-order valence-electron chi connectivity index (χ0n) is 12.9. The number of hydrogen-bond acceptors (Lipinski definition) is 4. The van der Waals surface area contributed by atoms with Crippen molar-refractivity contribution < 1.29 is 4.79 Å². The van der Waals surface area contributed by atoms with Crippen LogP contribution < -0.4 is 0 Å². The minimum atomic E-state index is 0.174. The van der Waals surface area contributed by atoms with Gasteiger partial charge in [-0.3, -0.25) is 9.69 Å². The third-order valence-electron chi connectivity index (χ3n) is 5.03. The Labute approximate surface area is 134 Å². The molecule has 1 amide bonds. The zero-order valence-corrected chi connectivity index (χ0v) is 13.7. The lowest BCUT2D eigenvalue weighted by Gasteiger charge is -2.47. The number of fused-ring (bicyclic) bond motifs is 2. The molecular formula is C17H21N3OS. The lowest BCUT2D eigenvalue weighted by molar-refractivity contribution is 0.0152. The molecule has 0 radical (unpaired) electrons. The molecule has 0 aliphatic carbocycles. The van der Waals surface area contributed by atoms with E-state index in [9.17, 15) is 4.79 Å². The number of hydrogen-bond donors (Lipinski definition) is 0. The van der Waals surface area contributed by atoms with Crippen LogP contribution in [-0.2, 0) is 0 Å². The van der Waals surface area contributed by atoms with Gasteiger partial charge in [0, 0.05) is 30.7 Å². The second kappa shape index (κ2) is 5.63. The van der Waals surface area contributed by atoms with Crippen LogP contribution in [0, 0.1) is 0 Å². The number of carbonyl (C=O) groups is 1. The highest BCUT2D eigenvalue weighted by Gasteiger charge is 2.35. The molecule has 2 aromatic rings. The summed E-state index contributed by atoms with van der Waals surface area (Å²) in [5.41, 5.74) is 3.61. The van der Waals surface area contributed by atoms with E-state index in [1.807, 2.05) is 23.7 Å². The van der Waals surface area contributed by atoms with E-state index in [1.165, 1.54) is 25.8 Å². The molecule has 2 aliphatic heterocycles. The monoisotopic (exact) mass is 315 g/mol. The van der Waals surface area contributed by atoms with Crippen LogP contribution in [0.5, 0.6) is 0 Å². The first kappa shape index (κ1) is 14.2. The second-order valence-corrected chi connectivity index (χ2v) is 7.37. The van der Waals surface area contributed by atoms with Crippen LogP contribution in [0.4, 0.5) is 0 Å². The number of rotatable bonds is 1. The van der Waals surface area contributed by atoms with Gasteiger partial charge in [-0.1, -0.05) is 6.42 Å². The van der Waals surface area contributed by atoms with Gasteiger partial charge in [0.05, 0.1) is 15.7 Å². The van der Waals surface area contributed by atoms with E-state index < -0.39 is 0 Å². The number of carbonyl (C=O) groups excluding carboxylic acids is 1. The molecular weight excluding hydrogens is 294 g/mol. The maximum absolute atomic E-state index is 12.9. The second-order valence-electron chi connectivity index (χ2n) is 6.49. The first-order valence-electron chi connectivity index (χ1n) is 8.10. The summed E-state index contributed by atoms with van der Waals surface area (Å²) in [7, 11) is 0. The summed E-state index contributed by atoms with van der Waals surface area (Å²) in [5.74, 6) is 0.174. The summed E-state index contributed by atoms with van der Waals surface area (Å²) in [5, 5.41) is 0. The summed E-state index contributed by atoms with van der Waals surface area (Å²) >= 11 is 1.59. The largest absolute Gasteiger partial charge is 0.333 e. The van der Waals surface area contributed by atoms with Gasteiger partial charge < -0.3 is 4.90 Å². The molecule has 5 heteroatoms. The summed E-state index contributed by atoms with van der Waals surface area (Å²) < 4.78 is 1.09. The van der Waals surface area contributed by atoms with Crippen molar-refractivity contribution in [3.05, 3.63) is 29.3 Å². The number of thiazole rings is 1. The van der Waals surface area contributed by atoms with Gasteiger partial charge in [-0.05, 0) is 44.5 Å². The smallest absolute Gasteiger partial charge is 0.254 e. The van der Waals surface area contributed by atoms with Crippen LogP contribution in [0.2, 0.25) is 0 Å². The first-order chi connectivity index (χ1) is 10.7. The molecule has 2 atom stereocenters. The fourth-order valence-electron chi connectivity index (χ4n) is 3.79. The van der Waals surface area contributed by atoms with Crippen molar-refractivity contribution in [3.63, 3.8) is 0 Å². The Morgan fingerprint density at radius 1 is 1.32 bits per heavy atom. The van der Waals surface area contributed by atoms with Crippen LogP contribution in [0.15, 0.2) is 23.7 Å². The van der Waals surface area contributed by atoms with E-state index in [0.29, 0.717) is 12.1 Å². The molecule has 1 aromatic carbocycles. The van der Waals surface area contributed by atoms with E-state index in [1.54, 1.807) is 11.3 Å². The summed E-state index contributed by atoms with van der Waals surface area (Å²) in [6, 6.07) is 6.72. The Hall–Kier alpha value is -1.46. The third kappa shape index (κ3) is 2.42. The number of nitrogens with zero attached hydrogens (tertiary/aromatic N) is 3. The molecule has 2 saturated heterocycles. The molecule has 2 fully saturated rings. The van der Waals surface area contributed by atoms with E-state index in [4.69, 9.17) is 0 Å². The summed E-state index contributed by atoms with van der Waals surface area (Å²) in [6.07, 6.45) is 3.83. The highest BCUT2D eigenvalue weighted by Crippen LogP contribution is 2.26. The summed E-state index contributed by atoms with van der Waals surface area (Å²) in [4.78, 5) is 21.9. The van der Waals surface area contributed by atoms with Crippen molar-refractivity contribution in [3.8, 4) is 0 Å². The first-order valence-corrected chi connectivity index (χ1v) is 8.98. The zero-order chi connectivity index (χ0) is 15.1. The Bertz CT molecular complexity index is 698. The molecule has 0 spiro atoms. The van der Waals surface area contributed by atoms with Gasteiger partial charge in [-0.25, -0.2) is 4.98 Å². The number of aromatic nitrogens is 1. The summed E-state index contributed by atoms with van der Waals surface area (Å²) in [6.45, 7) is 5.26.